The van der Waals surface area contributed by atoms with Gasteiger partial charge in [-0.3, -0.25) is 9.59 Å². The number of hydrogen-bond donors (Lipinski definition) is 4. The second-order valence-electron chi connectivity index (χ2n) is 8.18. The smallest absolute Gasteiger partial charge is 0.357 e. The van der Waals surface area contributed by atoms with Crippen molar-refractivity contribution in [2.24, 2.45) is 0 Å². The van der Waals surface area contributed by atoms with Gasteiger partial charge in [0.1, 0.15) is 24.9 Å². The predicted octanol–water partition coefficient (Wildman–Crippen LogP) is 0.563. The molecule has 2 aromatic rings. The molecule has 0 saturated heterocycles. The number of benzene rings is 2. The van der Waals surface area contributed by atoms with Gasteiger partial charge in [-0.05, 0) is 64.1 Å². The molecule has 0 saturated carbocycles. The van der Waals surface area contributed by atoms with E-state index in [0.717, 1.165) is 0 Å². The zero-order valence-corrected chi connectivity index (χ0v) is 19.9. The lowest BCUT2D eigenvalue weighted by molar-refractivity contribution is -0.256. The van der Waals surface area contributed by atoms with Crippen molar-refractivity contribution in [3.05, 3.63) is 69.8 Å². The molecule has 1 aliphatic carbocycles. The van der Waals surface area contributed by atoms with Gasteiger partial charge in [0.25, 0.3) is 0 Å². The number of ketones is 2. The van der Waals surface area contributed by atoms with Crippen LogP contribution < -0.4 is 0 Å². The van der Waals surface area contributed by atoms with Crippen LogP contribution in [0.3, 0.4) is 0 Å². The fourth-order valence-corrected chi connectivity index (χ4v) is 3.63. The first-order chi connectivity index (χ1) is 16.8. The molecule has 0 aromatic heterocycles. The summed E-state index contributed by atoms with van der Waals surface area (Å²) in [7, 11) is 0. The zero-order valence-electron chi connectivity index (χ0n) is 19.9. The maximum Gasteiger partial charge on any atom is 0.357 e. The molecule has 0 amide bonds. The summed E-state index contributed by atoms with van der Waals surface area (Å²) in [6, 6.07) is 7.38. The molecular formula is C24H26N2O10. The van der Waals surface area contributed by atoms with Gasteiger partial charge in [0.15, 0.2) is 11.6 Å². The van der Waals surface area contributed by atoms with Crippen LogP contribution in [0, 0.1) is 0 Å². The summed E-state index contributed by atoms with van der Waals surface area (Å²) >= 11 is 0. The van der Waals surface area contributed by atoms with Gasteiger partial charge in [-0.1, -0.05) is 10.1 Å². The van der Waals surface area contributed by atoms with Gasteiger partial charge < -0.3 is 30.1 Å². The standard InChI is InChI=1S/C24H26N2O10/c1-11(27)25(12(2)28)35-23(33)15-5-7-17-19(9-15)21(31)18-8-6-16(10-20(18)22(17)32)24(34)36-26(13(3)29)14(4)30/h5-14,27-30H,1-4H3. The highest BCUT2D eigenvalue weighted by molar-refractivity contribution is 6.29. The Morgan fingerprint density at radius 3 is 1.19 bits per heavy atom. The summed E-state index contributed by atoms with van der Waals surface area (Å²) in [4.78, 5) is 61.3. The van der Waals surface area contributed by atoms with Crippen LogP contribution >= 0.6 is 0 Å². The van der Waals surface area contributed by atoms with Crippen molar-refractivity contribution in [1.29, 1.82) is 0 Å². The van der Waals surface area contributed by atoms with E-state index in [-0.39, 0.29) is 33.4 Å². The fraction of sp³-hybridized carbons (Fsp3) is 0.333. The lowest BCUT2D eigenvalue weighted by Crippen LogP contribution is -2.41. The zero-order chi connectivity index (χ0) is 26.9. The third-order valence-electron chi connectivity index (χ3n) is 5.34. The van der Waals surface area contributed by atoms with Crippen LogP contribution in [-0.2, 0) is 9.68 Å². The van der Waals surface area contributed by atoms with E-state index in [9.17, 15) is 39.6 Å². The van der Waals surface area contributed by atoms with Gasteiger partial charge in [-0.2, -0.15) is 0 Å². The molecule has 3 rings (SSSR count). The summed E-state index contributed by atoms with van der Waals surface area (Å²) < 4.78 is 0. The largest absolute Gasteiger partial charge is 0.375 e. The first-order valence-electron chi connectivity index (χ1n) is 10.9. The SMILES string of the molecule is CC(O)N(OC(=O)c1ccc2c(c1)C(=O)c1ccc(C(=O)ON(C(C)O)C(C)O)cc1C2=O)C(C)O. The Bertz CT molecular complexity index is 1100. The Balaban J connectivity index is 1.90. The van der Waals surface area contributed by atoms with E-state index in [1.807, 2.05) is 0 Å². The fourth-order valence-electron chi connectivity index (χ4n) is 3.63. The molecule has 12 nitrogen and oxygen atoms in total. The average molecular weight is 502 g/mol. The molecule has 12 heteroatoms. The number of aliphatic hydroxyl groups excluding tert-OH is 4. The van der Waals surface area contributed by atoms with Crippen molar-refractivity contribution in [3.63, 3.8) is 0 Å². The molecule has 0 aliphatic heterocycles. The number of carbonyl (C=O) groups is 4. The minimum atomic E-state index is -1.31. The lowest BCUT2D eigenvalue weighted by atomic mass is 9.82. The first kappa shape index (κ1) is 27.1. The van der Waals surface area contributed by atoms with Gasteiger partial charge in [0.2, 0.25) is 0 Å². The van der Waals surface area contributed by atoms with E-state index in [4.69, 9.17) is 9.68 Å². The van der Waals surface area contributed by atoms with Crippen LogP contribution in [0.15, 0.2) is 36.4 Å². The number of hydroxylamine groups is 4. The highest BCUT2D eigenvalue weighted by atomic mass is 16.7. The Labute approximate surface area is 205 Å². The van der Waals surface area contributed by atoms with E-state index in [1.165, 1.54) is 64.1 Å². The summed E-state index contributed by atoms with van der Waals surface area (Å²) in [6.45, 7) is 5.12. The maximum absolute atomic E-state index is 13.1. The molecule has 36 heavy (non-hydrogen) atoms. The molecular weight excluding hydrogens is 476 g/mol. The second kappa shape index (κ2) is 10.6. The normalized spacial score (nSPS) is 16.2. The minimum absolute atomic E-state index is 0.00735. The average Bonchev–Trinajstić information content (AvgIpc) is 2.82. The van der Waals surface area contributed by atoms with Crippen molar-refractivity contribution in [2.75, 3.05) is 0 Å². The van der Waals surface area contributed by atoms with E-state index in [1.54, 1.807) is 0 Å². The van der Waals surface area contributed by atoms with Gasteiger partial charge >= 0.3 is 11.9 Å². The second-order valence-corrected chi connectivity index (χ2v) is 8.18. The van der Waals surface area contributed by atoms with Crippen LogP contribution in [0.5, 0.6) is 0 Å². The highest BCUT2D eigenvalue weighted by Crippen LogP contribution is 2.29. The molecule has 0 bridgehead atoms. The number of fused-ring (bicyclic) bond motifs is 2. The third-order valence-corrected chi connectivity index (χ3v) is 5.34. The number of nitrogens with zero attached hydrogens (tertiary/aromatic N) is 2. The number of rotatable bonds is 8. The molecule has 0 heterocycles. The van der Waals surface area contributed by atoms with E-state index in [0.29, 0.717) is 10.1 Å². The predicted molar refractivity (Wildman–Crippen MR) is 121 cm³/mol. The van der Waals surface area contributed by atoms with E-state index >= 15 is 0 Å². The third kappa shape index (κ3) is 5.33. The highest BCUT2D eigenvalue weighted by Gasteiger charge is 2.33. The molecule has 0 radical (unpaired) electrons. The van der Waals surface area contributed by atoms with Crippen molar-refractivity contribution in [2.45, 2.75) is 52.6 Å². The van der Waals surface area contributed by atoms with Gasteiger partial charge in [-0.25, -0.2) is 9.59 Å². The molecule has 1 aliphatic rings. The number of carbonyl (C=O) groups excluding carboxylic acids is 4. The molecule has 192 valence electrons. The number of hydrogen-bond acceptors (Lipinski definition) is 12. The molecule has 0 fully saturated rings. The van der Waals surface area contributed by atoms with Crippen molar-refractivity contribution in [3.8, 4) is 0 Å². The van der Waals surface area contributed by atoms with Gasteiger partial charge in [-0.15, -0.1) is 0 Å². The molecule has 4 unspecified atom stereocenters. The summed E-state index contributed by atoms with van der Waals surface area (Å²) in [5.41, 5.74) is -0.332. The molecule has 4 N–H and O–H groups in total. The van der Waals surface area contributed by atoms with Gasteiger partial charge in [0.05, 0.1) is 11.1 Å². The Hall–Kier alpha value is -3.52. The topological polar surface area (TPSA) is 174 Å². The van der Waals surface area contributed by atoms with Crippen molar-refractivity contribution < 1.29 is 49.3 Å². The summed E-state index contributed by atoms with van der Waals surface area (Å²) in [5, 5.41) is 39.9. The lowest BCUT2D eigenvalue weighted by Gasteiger charge is -2.26. The Kier molecular flexibility index (Phi) is 7.99. The Morgan fingerprint density at radius 2 is 0.917 bits per heavy atom. The van der Waals surface area contributed by atoms with E-state index < -0.39 is 48.4 Å². The van der Waals surface area contributed by atoms with Crippen LogP contribution in [0.1, 0.15) is 80.3 Å². The Morgan fingerprint density at radius 1 is 0.611 bits per heavy atom. The molecule has 4 atom stereocenters. The number of aliphatic hydroxyl groups is 4. The monoisotopic (exact) mass is 502 g/mol. The quantitative estimate of drug-likeness (QED) is 0.249. The van der Waals surface area contributed by atoms with Gasteiger partial charge in [0, 0.05) is 22.3 Å². The summed E-state index contributed by atoms with van der Waals surface area (Å²) in [6.07, 6.45) is -5.24. The molecule has 0 spiro atoms. The van der Waals surface area contributed by atoms with Crippen LogP contribution in [-0.4, -0.2) is 79.0 Å². The minimum Gasteiger partial charge on any atom is -0.375 e. The maximum atomic E-state index is 13.1. The van der Waals surface area contributed by atoms with Crippen molar-refractivity contribution in [1.82, 2.24) is 10.1 Å². The van der Waals surface area contributed by atoms with Crippen LogP contribution in [0.25, 0.3) is 0 Å². The van der Waals surface area contributed by atoms with E-state index in [2.05, 4.69) is 0 Å². The van der Waals surface area contributed by atoms with Crippen LogP contribution in [0.2, 0.25) is 0 Å². The van der Waals surface area contributed by atoms with Crippen LogP contribution in [0.4, 0.5) is 0 Å². The first-order valence-corrected chi connectivity index (χ1v) is 10.9. The molecule has 2 aromatic carbocycles. The summed E-state index contributed by atoms with van der Waals surface area (Å²) in [5.74, 6) is -3.09. The van der Waals surface area contributed by atoms with Crippen molar-refractivity contribution >= 4 is 23.5 Å².